The number of carbonyl (C=O) groups is 2. The van der Waals surface area contributed by atoms with E-state index < -0.39 is 23.5 Å². The molecule has 0 saturated carbocycles. The van der Waals surface area contributed by atoms with Crippen molar-refractivity contribution in [1.82, 2.24) is 15.2 Å². The molecule has 8 nitrogen and oxygen atoms in total. The van der Waals surface area contributed by atoms with Gasteiger partial charge in [0.05, 0.1) is 28.3 Å². The predicted octanol–water partition coefficient (Wildman–Crippen LogP) is 6.85. The molecule has 2 aromatic heterocycles. The van der Waals surface area contributed by atoms with Crippen LogP contribution in [0.3, 0.4) is 0 Å². The fourth-order valence-corrected chi connectivity index (χ4v) is 7.75. The molecular formula is C30H24N4O4S3. The van der Waals surface area contributed by atoms with Crippen molar-refractivity contribution in [2.24, 2.45) is 0 Å². The van der Waals surface area contributed by atoms with Gasteiger partial charge in [-0.05, 0) is 36.2 Å². The van der Waals surface area contributed by atoms with E-state index in [1.165, 1.54) is 51.8 Å². The van der Waals surface area contributed by atoms with Gasteiger partial charge in [0, 0.05) is 11.3 Å². The zero-order valence-corrected chi connectivity index (χ0v) is 24.8. The topological polar surface area (TPSA) is 106 Å². The second kappa shape index (κ2) is 11.1. The van der Waals surface area contributed by atoms with E-state index in [-0.39, 0.29) is 10.7 Å². The first-order valence-corrected chi connectivity index (χ1v) is 15.3. The zero-order chi connectivity index (χ0) is 28.7. The fraction of sp³-hybridized carbons (Fsp3) is 0.167. The van der Waals surface area contributed by atoms with Gasteiger partial charge in [-0.3, -0.25) is 14.5 Å². The first-order valence-electron chi connectivity index (χ1n) is 12.7. The van der Waals surface area contributed by atoms with Gasteiger partial charge in [-0.25, -0.2) is 4.98 Å². The number of rotatable bonds is 8. The quantitative estimate of drug-likeness (QED) is 0.117. The van der Waals surface area contributed by atoms with Gasteiger partial charge in [0.2, 0.25) is 10.9 Å². The van der Waals surface area contributed by atoms with Gasteiger partial charge in [0.1, 0.15) is 11.8 Å². The number of carbonyl (C=O) groups excluding carboxylic acids is 2. The van der Waals surface area contributed by atoms with E-state index in [0.717, 1.165) is 16.0 Å². The van der Waals surface area contributed by atoms with E-state index in [9.17, 15) is 14.7 Å². The number of fused-ring (bicyclic) bond motifs is 1. The highest BCUT2D eigenvalue weighted by Gasteiger charge is 2.47. The number of anilines is 1. The van der Waals surface area contributed by atoms with Crippen molar-refractivity contribution in [2.45, 2.75) is 30.0 Å². The number of hydrogen-bond acceptors (Lipinski definition) is 10. The van der Waals surface area contributed by atoms with Crippen LogP contribution in [-0.4, -0.2) is 39.1 Å². The van der Waals surface area contributed by atoms with Crippen LogP contribution in [0.4, 0.5) is 5.13 Å². The number of aliphatic hydroxyl groups excluding tert-OH is 1. The number of benzene rings is 3. The summed E-state index contributed by atoms with van der Waals surface area (Å²) < 4.78 is 6.26. The van der Waals surface area contributed by atoms with Crippen molar-refractivity contribution in [2.75, 3.05) is 12.0 Å². The van der Waals surface area contributed by atoms with Crippen LogP contribution in [0.1, 0.15) is 37.5 Å². The van der Waals surface area contributed by atoms with Crippen LogP contribution < -0.4 is 9.64 Å². The number of aryl methyl sites for hydroxylation is 2. The highest BCUT2D eigenvalue weighted by molar-refractivity contribution is 8.00. The molecule has 0 saturated heterocycles. The van der Waals surface area contributed by atoms with E-state index >= 15 is 0 Å². The highest BCUT2D eigenvalue weighted by Crippen LogP contribution is 2.46. The van der Waals surface area contributed by atoms with Gasteiger partial charge in [0.15, 0.2) is 10.1 Å². The number of methoxy groups -OCH3 is 1. The van der Waals surface area contributed by atoms with E-state index in [1.807, 2.05) is 25.1 Å². The van der Waals surface area contributed by atoms with Crippen molar-refractivity contribution in [1.29, 1.82) is 0 Å². The number of hydrogen-bond donors (Lipinski definition) is 1. The Morgan fingerprint density at radius 1 is 1.02 bits per heavy atom. The second-order valence-electron chi connectivity index (χ2n) is 9.34. The minimum Gasteiger partial charge on any atom is -0.503 e. The minimum atomic E-state index is -0.961. The number of amides is 1. The number of thiazole rings is 1. The van der Waals surface area contributed by atoms with Crippen molar-refractivity contribution >= 4 is 62.0 Å². The third-order valence-corrected chi connectivity index (χ3v) is 10.0. The molecule has 5 aromatic rings. The van der Waals surface area contributed by atoms with Crippen LogP contribution in [0.5, 0.6) is 5.75 Å². The summed E-state index contributed by atoms with van der Waals surface area (Å²) in [6.07, 6.45) is 0. The molecule has 3 aromatic carbocycles. The molecule has 1 N–H and O–H groups in total. The summed E-state index contributed by atoms with van der Waals surface area (Å²) in [5.41, 5.74) is 2.23. The minimum absolute atomic E-state index is 0.0357. The molecule has 11 heteroatoms. The van der Waals surface area contributed by atoms with Gasteiger partial charge in [-0.1, -0.05) is 83.8 Å². The maximum Gasteiger partial charge on any atom is 0.296 e. The molecule has 1 amide bonds. The average molecular weight is 601 g/mol. The monoisotopic (exact) mass is 600 g/mol. The Bertz CT molecular complexity index is 1840. The standard InChI is InChI=1S/C30H24N4O4S3/c1-16-27(40-17(2)31-16)25(35)23-24(21-13-6-7-14-22(21)38-3)34(28(37)26(23)36)29-32-33-30(41-29)39-15-19-11-8-10-18-9-4-5-12-20(18)19/h4-14,24,36H,15H2,1-3H3. The number of para-hydroxylation sites is 1. The Morgan fingerprint density at radius 2 is 1.78 bits per heavy atom. The van der Waals surface area contributed by atoms with E-state index in [4.69, 9.17) is 4.74 Å². The summed E-state index contributed by atoms with van der Waals surface area (Å²) in [7, 11) is 1.52. The summed E-state index contributed by atoms with van der Waals surface area (Å²) in [4.78, 5) is 33.6. The maximum absolute atomic E-state index is 13.9. The Balaban J connectivity index is 1.37. The molecule has 3 heterocycles. The van der Waals surface area contributed by atoms with Crippen LogP contribution in [0.2, 0.25) is 0 Å². The first kappa shape index (κ1) is 27.1. The lowest BCUT2D eigenvalue weighted by molar-refractivity contribution is -0.117. The average Bonchev–Trinajstić information content (AvgIpc) is 3.66. The summed E-state index contributed by atoms with van der Waals surface area (Å²) in [5.74, 6) is -0.645. The van der Waals surface area contributed by atoms with Crippen LogP contribution in [0, 0.1) is 13.8 Å². The van der Waals surface area contributed by atoms with Crippen LogP contribution in [0.25, 0.3) is 10.8 Å². The Labute approximate surface area is 248 Å². The lowest BCUT2D eigenvalue weighted by Gasteiger charge is -2.25. The number of nitrogens with zero attached hydrogens (tertiary/aromatic N) is 4. The van der Waals surface area contributed by atoms with Gasteiger partial charge in [-0.15, -0.1) is 21.5 Å². The third kappa shape index (κ3) is 4.90. The number of thioether (sulfide) groups is 1. The predicted molar refractivity (Wildman–Crippen MR) is 162 cm³/mol. The molecule has 1 aliphatic rings. The summed E-state index contributed by atoms with van der Waals surface area (Å²) >= 11 is 3.98. The normalized spacial score (nSPS) is 15.2. The number of aliphatic hydroxyl groups is 1. The number of Topliss-reactive ketones (excluding diaryl/α,β-unsaturated/α-hetero) is 1. The molecule has 1 aliphatic heterocycles. The molecule has 1 atom stereocenters. The molecule has 0 bridgehead atoms. The van der Waals surface area contributed by atoms with Gasteiger partial charge < -0.3 is 9.84 Å². The highest BCUT2D eigenvalue weighted by atomic mass is 32.2. The summed E-state index contributed by atoms with van der Waals surface area (Å²) in [6, 6.07) is 20.6. The molecule has 1 unspecified atom stereocenters. The number of ketones is 1. The Hall–Kier alpha value is -4.06. The molecule has 6 rings (SSSR count). The third-order valence-electron chi connectivity index (χ3n) is 6.83. The van der Waals surface area contributed by atoms with Gasteiger partial charge in [0.25, 0.3) is 5.91 Å². The van der Waals surface area contributed by atoms with Crippen molar-refractivity contribution in [3.8, 4) is 5.75 Å². The molecule has 0 aliphatic carbocycles. The van der Waals surface area contributed by atoms with Crippen molar-refractivity contribution < 1.29 is 19.4 Å². The van der Waals surface area contributed by atoms with Gasteiger partial charge in [-0.2, -0.15) is 0 Å². The number of aromatic nitrogens is 3. The number of ether oxygens (including phenoxy) is 1. The largest absolute Gasteiger partial charge is 0.503 e. The molecular weight excluding hydrogens is 577 g/mol. The summed E-state index contributed by atoms with van der Waals surface area (Å²) in [6.45, 7) is 3.55. The molecule has 206 valence electrons. The van der Waals surface area contributed by atoms with Crippen LogP contribution >= 0.6 is 34.4 Å². The Morgan fingerprint density at radius 3 is 2.56 bits per heavy atom. The van der Waals surface area contributed by atoms with Crippen LogP contribution in [-0.2, 0) is 10.5 Å². The molecule has 0 radical (unpaired) electrons. The lowest BCUT2D eigenvalue weighted by Crippen LogP contribution is -2.31. The second-order valence-corrected chi connectivity index (χ2v) is 12.7. The fourth-order valence-electron chi connectivity index (χ4n) is 5.00. The lowest BCUT2D eigenvalue weighted by atomic mass is 9.94. The molecule has 0 spiro atoms. The molecule has 0 fully saturated rings. The first-order chi connectivity index (χ1) is 19.9. The van der Waals surface area contributed by atoms with Crippen molar-refractivity contribution in [3.05, 3.63) is 105 Å². The van der Waals surface area contributed by atoms with E-state index in [2.05, 4.69) is 39.4 Å². The van der Waals surface area contributed by atoms with Crippen molar-refractivity contribution in [3.63, 3.8) is 0 Å². The van der Waals surface area contributed by atoms with E-state index in [1.54, 1.807) is 31.2 Å². The van der Waals surface area contributed by atoms with Crippen LogP contribution in [0.15, 0.2) is 82.4 Å². The smallest absolute Gasteiger partial charge is 0.296 e. The van der Waals surface area contributed by atoms with E-state index in [0.29, 0.717) is 32.0 Å². The zero-order valence-electron chi connectivity index (χ0n) is 22.3. The molecule has 41 heavy (non-hydrogen) atoms. The van der Waals surface area contributed by atoms with Gasteiger partial charge >= 0.3 is 0 Å². The SMILES string of the molecule is COc1ccccc1C1C(C(=O)c2sc(C)nc2C)=C(O)C(=O)N1c1nnc(SCc2cccc3ccccc23)s1. The Kier molecular flexibility index (Phi) is 7.33. The maximum atomic E-state index is 13.9. The summed E-state index contributed by atoms with van der Waals surface area (Å²) in [5, 5.41) is 23.1.